The van der Waals surface area contributed by atoms with Gasteiger partial charge in [-0.3, -0.25) is 4.79 Å². The van der Waals surface area contributed by atoms with Gasteiger partial charge >= 0.3 is 0 Å². The molecule has 0 saturated heterocycles. The van der Waals surface area contributed by atoms with Crippen LogP contribution in [0.1, 0.15) is 33.6 Å². The van der Waals surface area contributed by atoms with Crippen LogP contribution in [0.5, 0.6) is 0 Å². The van der Waals surface area contributed by atoms with E-state index < -0.39 is 0 Å². The van der Waals surface area contributed by atoms with Crippen molar-refractivity contribution in [3.8, 4) is 0 Å². The molecule has 0 aromatic rings. The quantitative estimate of drug-likeness (QED) is 0.747. The summed E-state index contributed by atoms with van der Waals surface area (Å²) in [5, 5.41) is 0. The van der Waals surface area contributed by atoms with Gasteiger partial charge in [0.05, 0.1) is 6.04 Å². The molecule has 3 nitrogen and oxygen atoms in total. The van der Waals surface area contributed by atoms with E-state index in [0.29, 0.717) is 5.92 Å². The van der Waals surface area contributed by atoms with Gasteiger partial charge in [-0.05, 0) is 37.7 Å². The Hall–Kier alpha value is -0.220. The van der Waals surface area contributed by atoms with Crippen LogP contribution in [-0.4, -0.2) is 41.9 Å². The minimum absolute atomic E-state index is 0.0715. The average Bonchev–Trinajstić information content (AvgIpc) is 2.22. The van der Waals surface area contributed by atoms with Crippen molar-refractivity contribution >= 4 is 17.7 Å². The first kappa shape index (κ1) is 15.8. The molecule has 0 rings (SSSR count). The predicted molar refractivity (Wildman–Crippen MR) is 72.7 cm³/mol. The zero-order valence-corrected chi connectivity index (χ0v) is 12.0. The fourth-order valence-corrected chi connectivity index (χ4v) is 2.18. The van der Waals surface area contributed by atoms with Crippen LogP contribution in [0.25, 0.3) is 0 Å². The van der Waals surface area contributed by atoms with Gasteiger partial charge in [0, 0.05) is 13.1 Å². The molecular weight excluding hydrogens is 220 g/mol. The Morgan fingerprint density at radius 1 is 1.38 bits per heavy atom. The molecule has 0 aliphatic heterocycles. The molecule has 2 N–H and O–H groups in total. The van der Waals surface area contributed by atoms with Gasteiger partial charge in [0.1, 0.15) is 0 Å². The summed E-state index contributed by atoms with van der Waals surface area (Å²) in [5.74, 6) is 1.62. The number of carbonyl (C=O) groups is 1. The van der Waals surface area contributed by atoms with Crippen LogP contribution in [0.3, 0.4) is 0 Å². The Labute approximate surface area is 104 Å². The molecule has 0 aliphatic carbocycles. The van der Waals surface area contributed by atoms with Crippen molar-refractivity contribution in [3.05, 3.63) is 0 Å². The number of hydrogen-bond donors (Lipinski definition) is 1. The smallest absolute Gasteiger partial charge is 0.239 e. The van der Waals surface area contributed by atoms with Gasteiger partial charge in [-0.1, -0.05) is 13.8 Å². The summed E-state index contributed by atoms with van der Waals surface area (Å²) in [6.45, 7) is 6.42. The zero-order valence-electron chi connectivity index (χ0n) is 11.2. The molecule has 2 atom stereocenters. The van der Waals surface area contributed by atoms with Crippen molar-refractivity contribution in [2.75, 3.05) is 19.1 Å². The second-order valence-electron chi connectivity index (χ2n) is 4.82. The van der Waals surface area contributed by atoms with Gasteiger partial charge < -0.3 is 10.6 Å². The van der Waals surface area contributed by atoms with Crippen molar-refractivity contribution in [2.24, 2.45) is 11.7 Å². The monoisotopic (exact) mass is 246 g/mol. The molecule has 0 spiro atoms. The molecule has 4 heteroatoms. The maximum absolute atomic E-state index is 12.0. The first-order valence-corrected chi connectivity index (χ1v) is 7.30. The minimum Gasteiger partial charge on any atom is -0.342 e. The van der Waals surface area contributed by atoms with Gasteiger partial charge in [0.2, 0.25) is 5.91 Å². The van der Waals surface area contributed by atoms with E-state index in [1.807, 2.05) is 13.3 Å². The van der Waals surface area contributed by atoms with Crippen LogP contribution in [-0.2, 0) is 4.79 Å². The van der Waals surface area contributed by atoms with Crippen molar-refractivity contribution in [2.45, 2.75) is 45.7 Å². The third-order valence-corrected chi connectivity index (χ3v) is 3.42. The molecule has 0 heterocycles. The van der Waals surface area contributed by atoms with Crippen LogP contribution in [0.15, 0.2) is 0 Å². The third-order valence-electron chi connectivity index (χ3n) is 2.77. The van der Waals surface area contributed by atoms with E-state index in [4.69, 9.17) is 5.73 Å². The number of amides is 1. The molecule has 96 valence electrons. The van der Waals surface area contributed by atoms with Crippen molar-refractivity contribution < 1.29 is 4.79 Å². The summed E-state index contributed by atoms with van der Waals surface area (Å²) >= 11 is 1.73. The summed E-state index contributed by atoms with van der Waals surface area (Å²) in [6.07, 6.45) is 3.82. The molecule has 0 aromatic carbocycles. The van der Waals surface area contributed by atoms with Crippen LogP contribution in [0, 0.1) is 5.92 Å². The van der Waals surface area contributed by atoms with Crippen LogP contribution in [0.4, 0.5) is 0 Å². The Morgan fingerprint density at radius 2 is 1.94 bits per heavy atom. The molecular formula is C12H26N2OS. The SMILES string of the molecule is CSCC[C@H](N)C(=O)N(C)C(C)CC(C)C. The van der Waals surface area contributed by atoms with E-state index in [1.54, 1.807) is 16.7 Å². The van der Waals surface area contributed by atoms with E-state index in [0.717, 1.165) is 18.6 Å². The second-order valence-corrected chi connectivity index (χ2v) is 5.80. The Bertz CT molecular complexity index is 209. The lowest BCUT2D eigenvalue weighted by Crippen LogP contribution is -2.46. The number of likely N-dealkylation sites (N-methyl/N-ethyl adjacent to an activating group) is 1. The first-order chi connectivity index (χ1) is 7.40. The number of nitrogens with two attached hydrogens (primary N) is 1. The molecule has 0 aliphatic rings. The van der Waals surface area contributed by atoms with Crippen molar-refractivity contribution in [1.82, 2.24) is 4.90 Å². The summed E-state index contributed by atoms with van der Waals surface area (Å²) < 4.78 is 0. The van der Waals surface area contributed by atoms with E-state index in [2.05, 4.69) is 20.8 Å². The number of nitrogens with zero attached hydrogens (tertiary/aromatic N) is 1. The van der Waals surface area contributed by atoms with Crippen LogP contribution in [0.2, 0.25) is 0 Å². The van der Waals surface area contributed by atoms with E-state index in [9.17, 15) is 4.79 Å². The summed E-state index contributed by atoms with van der Waals surface area (Å²) in [4.78, 5) is 13.8. The summed E-state index contributed by atoms with van der Waals surface area (Å²) in [6, 6.07) is -0.0695. The maximum Gasteiger partial charge on any atom is 0.239 e. The third kappa shape index (κ3) is 5.75. The van der Waals surface area contributed by atoms with Crippen LogP contribution < -0.4 is 5.73 Å². The Balaban J connectivity index is 4.14. The number of thioether (sulfide) groups is 1. The van der Waals surface area contributed by atoms with E-state index in [-0.39, 0.29) is 18.0 Å². The van der Waals surface area contributed by atoms with Gasteiger partial charge in [0.25, 0.3) is 0 Å². The molecule has 1 unspecified atom stereocenters. The lowest BCUT2D eigenvalue weighted by Gasteiger charge is -2.28. The highest BCUT2D eigenvalue weighted by Gasteiger charge is 2.21. The van der Waals surface area contributed by atoms with Gasteiger partial charge in [-0.2, -0.15) is 11.8 Å². The van der Waals surface area contributed by atoms with Crippen LogP contribution >= 0.6 is 11.8 Å². The summed E-state index contributed by atoms with van der Waals surface area (Å²) in [7, 11) is 1.86. The van der Waals surface area contributed by atoms with E-state index >= 15 is 0 Å². The highest BCUT2D eigenvalue weighted by molar-refractivity contribution is 7.98. The standard InChI is InChI=1S/C12H26N2OS/c1-9(2)8-10(3)14(4)12(15)11(13)6-7-16-5/h9-11H,6-8,13H2,1-5H3/t10?,11-/m0/s1. The lowest BCUT2D eigenvalue weighted by molar-refractivity contribution is -0.133. The zero-order chi connectivity index (χ0) is 12.7. The topological polar surface area (TPSA) is 46.3 Å². The molecule has 16 heavy (non-hydrogen) atoms. The fraction of sp³-hybridized carbons (Fsp3) is 0.917. The molecule has 0 fully saturated rings. The largest absolute Gasteiger partial charge is 0.342 e. The molecule has 0 saturated carbocycles. The fourth-order valence-electron chi connectivity index (χ4n) is 1.69. The number of carbonyl (C=O) groups excluding carboxylic acids is 1. The van der Waals surface area contributed by atoms with Crippen molar-refractivity contribution in [3.63, 3.8) is 0 Å². The lowest BCUT2D eigenvalue weighted by atomic mass is 10.0. The minimum atomic E-state index is -0.341. The number of hydrogen-bond acceptors (Lipinski definition) is 3. The number of rotatable bonds is 7. The molecule has 0 radical (unpaired) electrons. The Morgan fingerprint density at radius 3 is 2.38 bits per heavy atom. The molecule has 0 bridgehead atoms. The van der Waals surface area contributed by atoms with E-state index in [1.165, 1.54) is 0 Å². The summed E-state index contributed by atoms with van der Waals surface area (Å²) in [5.41, 5.74) is 5.87. The van der Waals surface area contributed by atoms with Gasteiger partial charge in [-0.25, -0.2) is 0 Å². The highest BCUT2D eigenvalue weighted by Crippen LogP contribution is 2.11. The maximum atomic E-state index is 12.0. The molecule has 1 amide bonds. The average molecular weight is 246 g/mol. The highest BCUT2D eigenvalue weighted by atomic mass is 32.2. The first-order valence-electron chi connectivity index (χ1n) is 5.91. The Kier molecular flexibility index (Phi) is 7.85. The molecule has 0 aromatic heterocycles. The predicted octanol–water partition coefficient (Wildman–Crippen LogP) is 1.96. The van der Waals surface area contributed by atoms with Gasteiger partial charge in [0.15, 0.2) is 0 Å². The normalized spacial score (nSPS) is 14.9. The second kappa shape index (κ2) is 7.96. The van der Waals surface area contributed by atoms with Gasteiger partial charge in [-0.15, -0.1) is 0 Å². The van der Waals surface area contributed by atoms with Crippen molar-refractivity contribution in [1.29, 1.82) is 0 Å².